The van der Waals surface area contributed by atoms with Crippen molar-refractivity contribution in [1.29, 1.82) is 0 Å². The van der Waals surface area contributed by atoms with Gasteiger partial charge in [0.1, 0.15) is 11.5 Å². The molecule has 6 nitrogen and oxygen atoms in total. The summed E-state index contributed by atoms with van der Waals surface area (Å²) in [5.41, 5.74) is 1.38. The van der Waals surface area contributed by atoms with E-state index in [4.69, 9.17) is 9.47 Å². The molecule has 0 aliphatic heterocycles. The minimum Gasteiger partial charge on any atom is -0.496 e. The van der Waals surface area contributed by atoms with E-state index < -0.39 is 0 Å². The summed E-state index contributed by atoms with van der Waals surface area (Å²) in [4.78, 5) is 25.9. The van der Waals surface area contributed by atoms with Gasteiger partial charge in [-0.05, 0) is 18.2 Å². The summed E-state index contributed by atoms with van der Waals surface area (Å²) >= 11 is 0. The molecule has 0 fully saturated rings. The molecule has 0 aliphatic rings. The lowest BCUT2D eigenvalue weighted by molar-refractivity contribution is -0.129. The summed E-state index contributed by atoms with van der Waals surface area (Å²) in [7, 11) is 3.13. The van der Waals surface area contributed by atoms with Gasteiger partial charge in [0.25, 0.3) is 5.91 Å². The Morgan fingerprint density at radius 2 is 1.58 bits per heavy atom. The van der Waals surface area contributed by atoms with Crippen molar-refractivity contribution in [2.75, 3.05) is 27.3 Å². The Kier molecular flexibility index (Phi) is 7.02. The van der Waals surface area contributed by atoms with Crippen LogP contribution in [0.5, 0.6) is 11.5 Å². The number of amides is 2. The third-order valence-corrected chi connectivity index (χ3v) is 4.02. The van der Waals surface area contributed by atoms with Crippen LogP contribution in [0.3, 0.4) is 0 Å². The van der Waals surface area contributed by atoms with Gasteiger partial charge in [-0.1, -0.05) is 30.3 Å². The molecule has 138 valence electrons. The fourth-order valence-corrected chi connectivity index (χ4v) is 2.62. The summed E-state index contributed by atoms with van der Waals surface area (Å²) < 4.78 is 10.5. The van der Waals surface area contributed by atoms with E-state index in [-0.39, 0.29) is 11.8 Å². The van der Waals surface area contributed by atoms with Crippen molar-refractivity contribution >= 4 is 11.8 Å². The summed E-state index contributed by atoms with van der Waals surface area (Å²) in [5.74, 6) is 0.949. The summed E-state index contributed by atoms with van der Waals surface area (Å²) in [5, 5.41) is 2.83. The topological polar surface area (TPSA) is 67.9 Å². The van der Waals surface area contributed by atoms with E-state index in [1.165, 1.54) is 14.0 Å². The van der Waals surface area contributed by atoms with Crippen molar-refractivity contribution in [3.8, 4) is 11.5 Å². The molecule has 0 saturated heterocycles. The van der Waals surface area contributed by atoms with Crippen LogP contribution in [0, 0.1) is 0 Å². The van der Waals surface area contributed by atoms with Crippen molar-refractivity contribution in [3.05, 3.63) is 59.7 Å². The Bertz CT molecular complexity index is 761. The third-order valence-electron chi connectivity index (χ3n) is 4.02. The zero-order valence-corrected chi connectivity index (χ0v) is 15.3. The molecule has 0 radical (unpaired) electrons. The average Bonchev–Trinajstić information content (AvgIpc) is 2.67. The van der Waals surface area contributed by atoms with Crippen LogP contribution in [-0.2, 0) is 11.3 Å². The van der Waals surface area contributed by atoms with Gasteiger partial charge in [0.2, 0.25) is 5.91 Å². The second-order valence-electron chi connectivity index (χ2n) is 5.71. The Hall–Kier alpha value is -3.02. The lowest BCUT2D eigenvalue weighted by Crippen LogP contribution is -2.37. The second-order valence-corrected chi connectivity index (χ2v) is 5.71. The molecule has 0 spiro atoms. The Labute approximate surface area is 153 Å². The maximum absolute atomic E-state index is 12.3. The lowest BCUT2D eigenvalue weighted by atomic mass is 10.2. The number of para-hydroxylation sites is 2. The van der Waals surface area contributed by atoms with E-state index >= 15 is 0 Å². The average molecular weight is 356 g/mol. The van der Waals surface area contributed by atoms with Crippen LogP contribution in [0.15, 0.2) is 48.5 Å². The first kappa shape index (κ1) is 19.3. The zero-order valence-electron chi connectivity index (χ0n) is 15.3. The second kappa shape index (κ2) is 9.46. The monoisotopic (exact) mass is 356 g/mol. The molecule has 2 rings (SSSR count). The number of hydrogen-bond acceptors (Lipinski definition) is 4. The number of benzene rings is 2. The standard InChI is InChI=1S/C20H24N2O4/c1-15(23)22(14-16-8-4-6-10-18(16)25-2)13-12-21-20(24)17-9-5-7-11-19(17)26-3/h4-11H,12-14H2,1-3H3,(H,21,24). The smallest absolute Gasteiger partial charge is 0.255 e. The number of nitrogens with zero attached hydrogens (tertiary/aromatic N) is 1. The minimum atomic E-state index is -0.233. The molecule has 0 heterocycles. The van der Waals surface area contributed by atoms with Gasteiger partial charge in [-0.25, -0.2) is 0 Å². The van der Waals surface area contributed by atoms with Crippen molar-refractivity contribution in [3.63, 3.8) is 0 Å². The first-order valence-corrected chi connectivity index (χ1v) is 8.35. The van der Waals surface area contributed by atoms with Crippen LogP contribution in [-0.4, -0.2) is 44.0 Å². The molecule has 2 aromatic carbocycles. The van der Waals surface area contributed by atoms with E-state index in [1.807, 2.05) is 24.3 Å². The first-order chi connectivity index (χ1) is 12.6. The molecule has 0 saturated carbocycles. The lowest BCUT2D eigenvalue weighted by Gasteiger charge is -2.22. The molecule has 0 bridgehead atoms. The summed E-state index contributed by atoms with van der Waals surface area (Å²) in [6.07, 6.45) is 0. The molecule has 0 aromatic heterocycles. The number of nitrogens with one attached hydrogen (secondary N) is 1. The van der Waals surface area contributed by atoms with Crippen LogP contribution >= 0.6 is 0 Å². The van der Waals surface area contributed by atoms with Crippen LogP contribution in [0.25, 0.3) is 0 Å². The molecule has 1 N–H and O–H groups in total. The van der Waals surface area contributed by atoms with Crippen molar-refractivity contribution in [2.24, 2.45) is 0 Å². The van der Waals surface area contributed by atoms with Gasteiger partial charge in [0.15, 0.2) is 0 Å². The number of ether oxygens (including phenoxy) is 2. The van der Waals surface area contributed by atoms with Gasteiger partial charge in [-0.3, -0.25) is 9.59 Å². The quantitative estimate of drug-likeness (QED) is 0.789. The van der Waals surface area contributed by atoms with Gasteiger partial charge in [0, 0.05) is 32.1 Å². The van der Waals surface area contributed by atoms with Crippen molar-refractivity contribution in [1.82, 2.24) is 10.2 Å². The van der Waals surface area contributed by atoms with Gasteiger partial charge < -0.3 is 19.7 Å². The fraction of sp³-hybridized carbons (Fsp3) is 0.300. The molecule has 0 unspecified atom stereocenters. The molecule has 2 aromatic rings. The van der Waals surface area contributed by atoms with Crippen LogP contribution < -0.4 is 14.8 Å². The number of rotatable bonds is 8. The van der Waals surface area contributed by atoms with Crippen molar-refractivity contribution < 1.29 is 19.1 Å². The Morgan fingerprint density at radius 3 is 2.23 bits per heavy atom. The van der Waals surface area contributed by atoms with E-state index in [0.717, 1.165) is 11.3 Å². The maximum Gasteiger partial charge on any atom is 0.255 e. The number of methoxy groups -OCH3 is 2. The van der Waals surface area contributed by atoms with Crippen LogP contribution in [0.1, 0.15) is 22.8 Å². The SMILES string of the molecule is COc1ccccc1CN(CCNC(=O)c1ccccc1OC)C(C)=O. The highest BCUT2D eigenvalue weighted by atomic mass is 16.5. The predicted molar refractivity (Wildman–Crippen MR) is 99.4 cm³/mol. The minimum absolute atomic E-state index is 0.0672. The third kappa shape index (κ3) is 4.99. The molecule has 26 heavy (non-hydrogen) atoms. The Morgan fingerprint density at radius 1 is 0.962 bits per heavy atom. The normalized spacial score (nSPS) is 10.1. The first-order valence-electron chi connectivity index (χ1n) is 8.35. The zero-order chi connectivity index (χ0) is 18.9. The molecule has 6 heteroatoms. The van der Waals surface area contributed by atoms with Crippen LogP contribution in [0.4, 0.5) is 0 Å². The van der Waals surface area contributed by atoms with E-state index in [2.05, 4.69) is 5.32 Å². The molecule has 2 amide bonds. The summed E-state index contributed by atoms with van der Waals surface area (Å²) in [6, 6.07) is 14.6. The number of carbonyl (C=O) groups is 2. The Balaban J connectivity index is 1.96. The molecule has 0 aliphatic carbocycles. The van der Waals surface area contributed by atoms with E-state index in [1.54, 1.807) is 36.3 Å². The molecular formula is C20H24N2O4. The highest BCUT2D eigenvalue weighted by molar-refractivity contribution is 5.96. The van der Waals surface area contributed by atoms with Crippen LogP contribution in [0.2, 0.25) is 0 Å². The van der Waals surface area contributed by atoms with E-state index in [0.29, 0.717) is 30.9 Å². The number of carbonyl (C=O) groups excluding carboxylic acids is 2. The number of hydrogen-bond donors (Lipinski definition) is 1. The highest BCUT2D eigenvalue weighted by Crippen LogP contribution is 2.19. The fourth-order valence-electron chi connectivity index (χ4n) is 2.62. The molecular weight excluding hydrogens is 332 g/mol. The highest BCUT2D eigenvalue weighted by Gasteiger charge is 2.14. The van der Waals surface area contributed by atoms with Gasteiger partial charge in [0.05, 0.1) is 19.8 Å². The largest absolute Gasteiger partial charge is 0.496 e. The van der Waals surface area contributed by atoms with E-state index in [9.17, 15) is 9.59 Å². The van der Waals surface area contributed by atoms with Gasteiger partial charge in [-0.2, -0.15) is 0 Å². The molecule has 0 atom stereocenters. The summed E-state index contributed by atoms with van der Waals surface area (Å²) in [6.45, 7) is 2.67. The van der Waals surface area contributed by atoms with Gasteiger partial charge in [-0.15, -0.1) is 0 Å². The maximum atomic E-state index is 12.3. The predicted octanol–water partition coefficient (Wildman–Crippen LogP) is 2.48. The van der Waals surface area contributed by atoms with Gasteiger partial charge >= 0.3 is 0 Å². The van der Waals surface area contributed by atoms with Crippen molar-refractivity contribution in [2.45, 2.75) is 13.5 Å².